The van der Waals surface area contributed by atoms with Gasteiger partial charge in [0.25, 0.3) is 0 Å². The first kappa shape index (κ1) is 10.3. The highest BCUT2D eigenvalue weighted by molar-refractivity contribution is 5.84. The molecular weight excluding hydrogens is 191 g/mol. The molecule has 1 unspecified atom stereocenters. The fraction of sp³-hybridized carbons (Fsp3) is 0.462. The van der Waals surface area contributed by atoms with Crippen LogP contribution in [0.5, 0.6) is 0 Å². The Morgan fingerprint density at radius 1 is 1.40 bits per heavy atom. The Balaban J connectivity index is 2.39. The fourth-order valence-electron chi connectivity index (χ4n) is 2.47. The highest BCUT2D eigenvalue weighted by Gasteiger charge is 2.39. The van der Waals surface area contributed by atoms with Crippen molar-refractivity contribution < 1.29 is 9.18 Å². The average molecular weight is 206 g/mol. The minimum atomic E-state index is -0.268. The van der Waals surface area contributed by atoms with Gasteiger partial charge in [0.2, 0.25) is 0 Å². The third-order valence-corrected chi connectivity index (χ3v) is 3.65. The molecule has 0 radical (unpaired) electrons. The molecule has 0 bridgehead atoms. The fourth-order valence-corrected chi connectivity index (χ4v) is 2.47. The van der Waals surface area contributed by atoms with Crippen molar-refractivity contribution in [3.8, 4) is 0 Å². The molecule has 0 amide bonds. The Kier molecular flexibility index (Phi) is 2.37. The van der Waals surface area contributed by atoms with E-state index in [1.165, 1.54) is 6.07 Å². The number of fused-ring (bicyclic) bond motifs is 1. The summed E-state index contributed by atoms with van der Waals surface area (Å²) < 4.78 is 13.0. The van der Waals surface area contributed by atoms with Crippen molar-refractivity contribution >= 4 is 5.78 Å². The first-order valence-corrected chi connectivity index (χ1v) is 5.36. The van der Waals surface area contributed by atoms with Crippen LogP contribution < -0.4 is 0 Å². The van der Waals surface area contributed by atoms with Gasteiger partial charge >= 0.3 is 0 Å². The zero-order chi connectivity index (χ0) is 11.1. The molecule has 0 saturated heterocycles. The van der Waals surface area contributed by atoms with Crippen LogP contribution in [0.3, 0.4) is 0 Å². The Labute approximate surface area is 89.3 Å². The van der Waals surface area contributed by atoms with Crippen molar-refractivity contribution in [3.63, 3.8) is 0 Å². The van der Waals surface area contributed by atoms with Gasteiger partial charge in [-0.05, 0) is 49.4 Å². The average Bonchev–Trinajstić information content (AvgIpc) is 2.56. The van der Waals surface area contributed by atoms with Crippen LogP contribution in [-0.4, -0.2) is 5.78 Å². The van der Waals surface area contributed by atoms with Gasteiger partial charge in [-0.2, -0.15) is 0 Å². The van der Waals surface area contributed by atoms with Crippen molar-refractivity contribution in [2.24, 2.45) is 5.41 Å². The molecule has 1 aliphatic carbocycles. The number of carbonyl (C=O) groups excluding carboxylic acids is 1. The lowest BCUT2D eigenvalue weighted by atomic mass is 9.78. The summed E-state index contributed by atoms with van der Waals surface area (Å²) >= 11 is 0. The number of halogens is 1. The van der Waals surface area contributed by atoms with Crippen LogP contribution >= 0.6 is 0 Å². The largest absolute Gasteiger partial charge is 0.299 e. The first-order chi connectivity index (χ1) is 7.07. The highest BCUT2D eigenvalue weighted by Crippen LogP contribution is 2.40. The number of benzene rings is 1. The summed E-state index contributed by atoms with van der Waals surface area (Å²) in [6.07, 6.45) is 2.30. The number of hydrogen-bond acceptors (Lipinski definition) is 1. The number of Topliss-reactive ketones (excluding diaryl/α,β-unsaturated/α-hetero) is 1. The smallest absolute Gasteiger partial charge is 0.136 e. The van der Waals surface area contributed by atoms with Crippen molar-refractivity contribution in [3.05, 3.63) is 35.1 Å². The second kappa shape index (κ2) is 3.44. The third kappa shape index (κ3) is 1.58. The van der Waals surface area contributed by atoms with E-state index in [2.05, 4.69) is 0 Å². The number of carbonyl (C=O) groups is 1. The molecule has 0 saturated carbocycles. The van der Waals surface area contributed by atoms with Crippen LogP contribution in [0.25, 0.3) is 0 Å². The number of hydrogen-bond donors (Lipinski definition) is 0. The molecular formula is C13H15FO. The predicted molar refractivity (Wildman–Crippen MR) is 57.2 cm³/mol. The summed E-state index contributed by atoms with van der Waals surface area (Å²) in [5, 5.41) is 0. The summed E-state index contributed by atoms with van der Waals surface area (Å²) in [5.74, 6) is 0.0193. The van der Waals surface area contributed by atoms with Crippen LogP contribution in [0.15, 0.2) is 18.2 Å². The Bertz CT molecular complexity index is 411. The maximum atomic E-state index is 13.0. The molecule has 0 N–H and O–H groups in total. The SMILES string of the molecule is CCC1(C(C)=O)Cc2ccc(F)cc2C1. The lowest BCUT2D eigenvalue weighted by molar-refractivity contribution is -0.126. The molecule has 2 rings (SSSR count). The van der Waals surface area contributed by atoms with Gasteiger partial charge < -0.3 is 0 Å². The zero-order valence-corrected chi connectivity index (χ0v) is 9.14. The van der Waals surface area contributed by atoms with Gasteiger partial charge in [-0.25, -0.2) is 4.39 Å². The summed E-state index contributed by atoms with van der Waals surface area (Å²) in [6, 6.07) is 4.85. The summed E-state index contributed by atoms with van der Waals surface area (Å²) in [7, 11) is 0. The second-order valence-electron chi connectivity index (χ2n) is 4.46. The summed E-state index contributed by atoms with van der Waals surface area (Å²) in [5.41, 5.74) is 1.87. The molecule has 1 aromatic rings. The van der Waals surface area contributed by atoms with Crippen LogP contribution in [-0.2, 0) is 17.6 Å². The molecule has 0 aliphatic heterocycles. The second-order valence-corrected chi connectivity index (χ2v) is 4.46. The van der Waals surface area contributed by atoms with Gasteiger partial charge in [0.05, 0.1) is 0 Å². The number of rotatable bonds is 2. The molecule has 0 aromatic heterocycles. The zero-order valence-electron chi connectivity index (χ0n) is 9.14. The molecule has 1 nitrogen and oxygen atoms in total. The quantitative estimate of drug-likeness (QED) is 0.727. The van der Waals surface area contributed by atoms with Crippen molar-refractivity contribution in [2.45, 2.75) is 33.1 Å². The van der Waals surface area contributed by atoms with E-state index in [1.54, 1.807) is 13.0 Å². The standard InChI is InChI=1S/C13H15FO/c1-3-13(9(2)15)7-10-4-5-12(14)6-11(10)8-13/h4-6H,3,7-8H2,1-2H3. The molecule has 0 fully saturated rings. The van der Waals surface area contributed by atoms with Crippen molar-refractivity contribution in [1.29, 1.82) is 0 Å². The van der Waals surface area contributed by atoms with Crippen LogP contribution in [0.2, 0.25) is 0 Å². The van der Waals surface area contributed by atoms with Crippen molar-refractivity contribution in [2.75, 3.05) is 0 Å². The van der Waals surface area contributed by atoms with E-state index in [-0.39, 0.29) is 17.0 Å². The van der Waals surface area contributed by atoms with E-state index in [1.807, 2.05) is 13.0 Å². The lowest BCUT2D eigenvalue weighted by Crippen LogP contribution is -2.28. The minimum absolute atomic E-state index is 0.204. The van der Waals surface area contributed by atoms with Gasteiger partial charge in [0.15, 0.2) is 0 Å². The van der Waals surface area contributed by atoms with E-state index >= 15 is 0 Å². The molecule has 0 spiro atoms. The highest BCUT2D eigenvalue weighted by atomic mass is 19.1. The monoisotopic (exact) mass is 206 g/mol. The van der Waals surface area contributed by atoms with Crippen LogP contribution in [0, 0.1) is 11.2 Å². The van der Waals surface area contributed by atoms with Gasteiger partial charge in [-0.15, -0.1) is 0 Å². The first-order valence-electron chi connectivity index (χ1n) is 5.36. The molecule has 15 heavy (non-hydrogen) atoms. The van der Waals surface area contributed by atoms with Crippen LogP contribution in [0.1, 0.15) is 31.4 Å². The van der Waals surface area contributed by atoms with Crippen molar-refractivity contribution in [1.82, 2.24) is 0 Å². The molecule has 2 heteroatoms. The van der Waals surface area contributed by atoms with E-state index in [0.717, 1.165) is 24.0 Å². The maximum Gasteiger partial charge on any atom is 0.136 e. The van der Waals surface area contributed by atoms with Crippen LogP contribution in [0.4, 0.5) is 4.39 Å². The third-order valence-electron chi connectivity index (χ3n) is 3.65. The molecule has 80 valence electrons. The molecule has 1 atom stereocenters. The normalized spacial score (nSPS) is 23.9. The van der Waals surface area contributed by atoms with E-state index in [0.29, 0.717) is 6.42 Å². The van der Waals surface area contributed by atoms with E-state index < -0.39 is 0 Å². The predicted octanol–water partition coefficient (Wildman–Crippen LogP) is 2.91. The lowest BCUT2D eigenvalue weighted by Gasteiger charge is -2.23. The Hall–Kier alpha value is -1.18. The molecule has 1 aromatic carbocycles. The Morgan fingerprint density at radius 3 is 2.67 bits per heavy atom. The van der Waals surface area contributed by atoms with E-state index in [4.69, 9.17) is 0 Å². The summed E-state index contributed by atoms with van der Waals surface area (Å²) in [6.45, 7) is 3.68. The van der Waals surface area contributed by atoms with Gasteiger partial charge in [-0.3, -0.25) is 4.79 Å². The molecule has 0 heterocycles. The minimum Gasteiger partial charge on any atom is -0.299 e. The Morgan fingerprint density at radius 2 is 2.07 bits per heavy atom. The van der Waals surface area contributed by atoms with Gasteiger partial charge in [-0.1, -0.05) is 13.0 Å². The number of ketones is 1. The molecule has 1 aliphatic rings. The summed E-state index contributed by atoms with van der Waals surface area (Å²) in [4.78, 5) is 11.7. The van der Waals surface area contributed by atoms with Gasteiger partial charge in [0, 0.05) is 5.41 Å². The van der Waals surface area contributed by atoms with E-state index in [9.17, 15) is 9.18 Å². The van der Waals surface area contributed by atoms with Gasteiger partial charge in [0.1, 0.15) is 11.6 Å². The topological polar surface area (TPSA) is 17.1 Å². The maximum absolute atomic E-state index is 13.0.